The van der Waals surface area contributed by atoms with Crippen LogP contribution in [0.25, 0.3) is 0 Å². The smallest absolute Gasteiger partial charge is 0.223 e. The first kappa shape index (κ1) is 23.0. The highest BCUT2D eigenvalue weighted by atomic mass is 16.2. The first-order valence-corrected chi connectivity index (χ1v) is 12.3. The molecule has 172 valence electrons. The zero-order valence-electron chi connectivity index (χ0n) is 20.0. The number of piperidine rings is 1. The fourth-order valence-corrected chi connectivity index (χ4v) is 5.46. The van der Waals surface area contributed by atoms with E-state index in [0.29, 0.717) is 17.7 Å². The van der Waals surface area contributed by atoms with Gasteiger partial charge in [-0.25, -0.2) is 0 Å². The molecule has 0 aliphatic carbocycles. The maximum absolute atomic E-state index is 13.4. The van der Waals surface area contributed by atoms with Crippen LogP contribution in [0.1, 0.15) is 50.3 Å². The second-order valence-corrected chi connectivity index (χ2v) is 10.1. The highest BCUT2D eigenvalue weighted by Crippen LogP contribution is 2.32. The Balaban J connectivity index is 1.50. The number of piperazine rings is 1. The largest absolute Gasteiger partial charge is 0.337 e. The second kappa shape index (κ2) is 10.6. The Labute approximate surface area is 194 Å². The maximum Gasteiger partial charge on any atom is 0.223 e. The van der Waals surface area contributed by atoms with E-state index in [1.54, 1.807) is 0 Å². The molecule has 1 atom stereocenters. The first-order valence-electron chi connectivity index (χ1n) is 12.3. The number of carbonyl (C=O) groups excluding carboxylic acids is 1. The van der Waals surface area contributed by atoms with Crippen LogP contribution < -0.4 is 0 Å². The predicted octanol–water partition coefficient (Wildman–Crippen LogP) is 4.68. The Hall–Kier alpha value is -2.17. The second-order valence-electron chi connectivity index (χ2n) is 10.1. The minimum atomic E-state index is 0.227. The molecule has 1 unspecified atom stereocenters. The van der Waals surface area contributed by atoms with E-state index in [1.165, 1.54) is 11.1 Å². The molecule has 2 saturated heterocycles. The van der Waals surface area contributed by atoms with E-state index in [1.807, 2.05) is 0 Å². The Bertz CT molecular complexity index is 806. The monoisotopic (exact) mass is 433 g/mol. The molecule has 0 N–H and O–H groups in total. The third-order valence-electron chi connectivity index (χ3n) is 7.44. The lowest BCUT2D eigenvalue weighted by atomic mass is 9.90. The summed E-state index contributed by atoms with van der Waals surface area (Å²) in [6, 6.07) is 22.1. The summed E-state index contributed by atoms with van der Waals surface area (Å²) in [6.45, 7) is 9.44. The van der Waals surface area contributed by atoms with Gasteiger partial charge in [-0.1, -0.05) is 74.5 Å². The van der Waals surface area contributed by atoms with Crippen LogP contribution in [-0.4, -0.2) is 66.4 Å². The van der Waals surface area contributed by atoms with Gasteiger partial charge < -0.3 is 9.80 Å². The summed E-state index contributed by atoms with van der Waals surface area (Å²) in [5, 5.41) is 0. The summed E-state index contributed by atoms with van der Waals surface area (Å²) in [6.07, 6.45) is 3.02. The van der Waals surface area contributed by atoms with Gasteiger partial charge in [0.05, 0.1) is 6.04 Å². The number of rotatable bonds is 6. The highest BCUT2D eigenvalue weighted by molar-refractivity contribution is 5.77. The van der Waals surface area contributed by atoms with Crippen molar-refractivity contribution in [3.63, 3.8) is 0 Å². The van der Waals surface area contributed by atoms with Crippen LogP contribution >= 0.6 is 0 Å². The van der Waals surface area contributed by atoms with E-state index >= 15 is 0 Å². The fourth-order valence-electron chi connectivity index (χ4n) is 5.46. The molecule has 2 aromatic carbocycles. The topological polar surface area (TPSA) is 26.8 Å². The molecule has 4 nitrogen and oxygen atoms in total. The summed E-state index contributed by atoms with van der Waals surface area (Å²) >= 11 is 0. The van der Waals surface area contributed by atoms with Crippen LogP contribution in [0.3, 0.4) is 0 Å². The quantitative estimate of drug-likeness (QED) is 0.662. The Morgan fingerprint density at radius 1 is 0.875 bits per heavy atom. The zero-order chi connectivity index (χ0) is 22.5. The Morgan fingerprint density at radius 3 is 1.97 bits per heavy atom. The lowest BCUT2D eigenvalue weighted by molar-refractivity contribution is -0.139. The third-order valence-corrected chi connectivity index (χ3v) is 7.44. The summed E-state index contributed by atoms with van der Waals surface area (Å²) < 4.78 is 0. The number of likely N-dealkylation sites (tertiary alicyclic amines) is 1. The molecule has 4 heteroatoms. The average molecular weight is 434 g/mol. The molecule has 2 aliphatic rings. The zero-order valence-corrected chi connectivity index (χ0v) is 20.0. The standard InChI is InChI=1S/C28H39N3O/c1-22(2)26-21-30(18-19-31(26)27(32)20-23-14-16-29(3)17-15-23)28(24-10-6-4-7-11-24)25-12-8-5-9-13-25/h4-13,22-23,26,28H,14-21H2,1-3H3. The Morgan fingerprint density at radius 2 is 1.44 bits per heavy atom. The molecule has 2 aliphatic heterocycles. The number of hydrogen-bond acceptors (Lipinski definition) is 3. The van der Waals surface area contributed by atoms with Crippen LogP contribution in [0, 0.1) is 11.8 Å². The normalized spacial score (nSPS) is 21.4. The Kier molecular flexibility index (Phi) is 7.64. The van der Waals surface area contributed by atoms with Gasteiger partial charge in [0.15, 0.2) is 0 Å². The first-order chi connectivity index (χ1) is 15.5. The predicted molar refractivity (Wildman–Crippen MR) is 131 cm³/mol. The fraction of sp³-hybridized carbons (Fsp3) is 0.536. The minimum Gasteiger partial charge on any atom is -0.337 e. The summed E-state index contributed by atoms with van der Waals surface area (Å²) in [7, 11) is 2.18. The van der Waals surface area contributed by atoms with Crippen molar-refractivity contribution in [1.82, 2.24) is 14.7 Å². The van der Waals surface area contributed by atoms with Crippen molar-refractivity contribution in [2.45, 2.75) is 45.2 Å². The molecule has 0 spiro atoms. The molecule has 0 bridgehead atoms. The molecule has 32 heavy (non-hydrogen) atoms. The van der Waals surface area contributed by atoms with Crippen molar-refractivity contribution in [2.75, 3.05) is 39.8 Å². The van der Waals surface area contributed by atoms with E-state index in [0.717, 1.165) is 52.0 Å². The summed E-state index contributed by atoms with van der Waals surface area (Å²) in [5.74, 6) is 1.35. The number of carbonyl (C=O) groups is 1. The van der Waals surface area contributed by atoms with Crippen molar-refractivity contribution in [1.29, 1.82) is 0 Å². The molecule has 0 radical (unpaired) electrons. The van der Waals surface area contributed by atoms with Crippen molar-refractivity contribution in [3.05, 3.63) is 71.8 Å². The van der Waals surface area contributed by atoms with Gasteiger partial charge in [-0.2, -0.15) is 0 Å². The van der Waals surface area contributed by atoms with Gasteiger partial charge >= 0.3 is 0 Å². The van der Waals surface area contributed by atoms with Crippen molar-refractivity contribution in [3.8, 4) is 0 Å². The molecule has 2 heterocycles. The molecule has 2 fully saturated rings. The lowest BCUT2D eigenvalue weighted by Gasteiger charge is -2.47. The molecule has 0 aromatic heterocycles. The summed E-state index contributed by atoms with van der Waals surface area (Å²) in [4.78, 5) is 20.6. The average Bonchev–Trinajstić information content (AvgIpc) is 2.82. The van der Waals surface area contributed by atoms with Crippen molar-refractivity contribution >= 4 is 5.91 Å². The number of hydrogen-bond donors (Lipinski definition) is 0. The van der Waals surface area contributed by atoms with Gasteiger partial charge in [0, 0.05) is 32.1 Å². The van der Waals surface area contributed by atoms with Gasteiger partial charge in [0.1, 0.15) is 0 Å². The molecule has 4 rings (SSSR count). The van der Waals surface area contributed by atoms with Gasteiger partial charge in [-0.15, -0.1) is 0 Å². The van der Waals surface area contributed by atoms with Crippen LogP contribution in [0.5, 0.6) is 0 Å². The summed E-state index contributed by atoms with van der Waals surface area (Å²) in [5.41, 5.74) is 2.65. The van der Waals surface area contributed by atoms with E-state index in [4.69, 9.17) is 0 Å². The van der Waals surface area contributed by atoms with Gasteiger partial charge in [0.2, 0.25) is 5.91 Å². The van der Waals surface area contributed by atoms with Gasteiger partial charge in [-0.3, -0.25) is 9.69 Å². The van der Waals surface area contributed by atoms with Crippen LogP contribution in [0.15, 0.2) is 60.7 Å². The lowest BCUT2D eigenvalue weighted by Crippen LogP contribution is -2.58. The number of benzene rings is 2. The van der Waals surface area contributed by atoms with Gasteiger partial charge in [0.25, 0.3) is 0 Å². The molecular weight excluding hydrogens is 394 g/mol. The van der Waals surface area contributed by atoms with Crippen LogP contribution in [-0.2, 0) is 4.79 Å². The van der Waals surface area contributed by atoms with Gasteiger partial charge in [-0.05, 0) is 55.9 Å². The number of nitrogens with zero attached hydrogens (tertiary/aromatic N) is 3. The minimum absolute atomic E-state index is 0.227. The van der Waals surface area contributed by atoms with E-state index in [2.05, 4.69) is 96.3 Å². The number of amides is 1. The van der Waals surface area contributed by atoms with Crippen LogP contribution in [0.2, 0.25) is 0 Å². The van der Waals surface area contributed by atoms with Crippen molar-refractivity contribution < 1.29 is 4.79 Å². The maximum atomic E-state index is 13.4. The molecular formula is C28H39N3O. The SMILES string of the molecule is CC(C)C1CN(C(c2ccccc2)c2ccccc2)CCN1C(=O)CC1CCN(C)CC1. The van der Waals surface area contributed by atoms with E-state index in [-0.39, 0.29) is 12.1 Å². The van der Waals surface area contributed by atoms with Crippen LogP contribution in [0.4, 0.5) is 0 Å². The van der Waals surface area contributed by atoms with Crippen molar-refractivity contribution in [2.24, 2.45) is 11.8 Å². The highest BCUT2D eigenvalue weighted by Gasteiger charge is 2.36. The third kappa shape index (κ3) is 5.41. The molecule has 1 amide bonds. The van der Waals surface area contributed by atoms with E-state index < -0.39 is 0 Å². The molecule has 0 saturated carbocycles. The molecule has 2 aromatic rings. The van der Waals surface area contributed by atoms with E-state index in [9.17, 15) is 4.79 Å².